The Balaban J connectivity index is 2.01. The first-order chi connectivity index (χ1) is 7.59. The van der Waals surface area contributed by atoms with E-state index in [0.717, 1.165) is 41.8 Å². The first-order valence-electron chi connectivity index (χ1n) is 5.52. The van der Waals surface area contributed by atoms with Gasteiger partial charge in [-0.3, -0.25) is 0 Å². The molecular formula is C12H17BrN2O. The maximum Gasteiger partial charge on any atom is 0.0826 e. The van der Waals surface area contributed by atoms with Gasteiger partial charge >= 0.3 is 0 Å². The van der Waals surface area contributed by atoms with E-state index in [-0.39, 0.29) is 5.60 Å². The van der Waals surface area contributed by atoms with Gasteiger partial charge in [-0.1, -0.05) is 15.9 Å². The third-order valence-corrected chi connectivity index (χ3v) is 3.46. The van der Waals surface area contributed by atoms with Gasteiger partial charge in [0, 0.05) is 17.6 Å². The molecule has 0 spiro atoms. The van der Waals surface area contributed by atoms with Crippen molar-refractivity contribution < 1.29 is 4.74 Å². The number of hydrogen-bond donors (Lipinski definition) is 2. The number of ether oxygens (including phenoxy) is 1. The van der Waals surface area contributed by atoms with Gasteiger partial charge in [-0.15, -0.1) is 0 Å². The molecule has 0 radical (unpaired) electrons. The van der Waals surface area contributed by atoms with Crippen LogP contribution < -0.4 is 11.1 Å². The molecule has 4 heteroatoms. The highest BCUT2D eigenvalue weighted by Gasteiger charge is 2.29. The van der Waals surface area contributed by atoms with Gasteiger partial charge in [0.15, 0.2) is 0 Å². The monoisotopic (exact) mass is 284 g/mol. The zero-order valence-electron chi connectivity index (χ0n) is 9.42. The summed E-state index contributed by atoms with van der Waals surface area (Å²) in [4.78, 5) is 0. The van der Waals surface area contributed by atoms with E-state index in [1.807, 2.05) is 18.2 Å². The Morgan fingerprint density at radius 3 is 3.06 bits per heavy atom. The predicted octanol–water partition coefficient (Wildman–Crippen LogP) is 3.01. The second-order valence-electron chi connectivity index (χ2n) is 4.49. The van der Waals surface area contributed by atoms with E-state index in [4.69, 9.17) is 10.5 Å². The van der Waals surface area contributed by atoms with E-state index in [0.29, 0.717) is 0 Å². The zero-order valence-corrected chi connectivity index (χ0v) is 11.0. The summed E-state index contributed by atoms with van der Waals surface area (Å²) >= 11 is 3.44. The van der Waals surface area contributed by atoms with Gasteiger partial charge < -0.3 is 15.8 Å². The summed E-state index contributed by atoms with van der Waals surface area (Å²) < 4.78 is 6.75. The second-order valence-corrected chi connectivity index (χ2v) is 5.40. The highest BCUT2D eigenvalue weighted by Crippen LogP contribution is 2.28. The van der Waals surface area contributed by atoms with Gasteiger partial charge in [0.2, 0.25) is 0 Å². The van der Waals surface area contributed by atoms with Crippen LogP contribution in [0.25, 0.3) is 0 Å². The van der Waals surface area contributed by atoms with E-state index in [1.165, 1.54) is 0 Å². The third kappa shape index (κ3) is 2.68. The van der Waals surface area contributed by atoms with Crippen molar-refractivity contribution in [1.82, 2.24) is 0 Å². The number of rotatable bonds is 3. The van der Waals surface area contributed by atoms with Crippen LogP contribution in [0.1, 0.15) is 19.8 Å². The summed E-state index contributed by atoms with van der Waals surface area (Å²) in [6.07, 6.45) is 2.25. The number of halogens is 1. The maximum atomic E-state index is 5.89. The van der Waals surface area contributed by atoms with Crippen LogP contribution in [0.5, 0.6) is 0 Å². The smallest absolute Gasteiger partial charge is 0.0826 e. The Labute approximate surface area is 104 Å². The zero-order chi connectivity index (χ0) is 11.6. The van der Waals surface area contributed by atoms with Crippen LogP contribution >= 0.6 is 15.9 Å². The number of nitrogens with one attached hydrogen (secondary N) is 1. The molecule has 1 aliphatic heterocycles. The maximum absolute atomic E-state index is 5.89. The van der Waals surface area contributed by atoms with E-state index >= 15 is 0 Å². The number of anilines is 2. The lowest BCUT2D eigenvalue weighted by atomic mass is 10.0. The van der Waals surface area contributed by atoms with Gasteiger partial charge in [0.05, 0.1) is 17.0 Å². The van der Waals surface area contributed by atoms with Gasteiger partial charge in [-0.25, -0.2) is 0 Å². The van der Waals surface area contributed by atoms with E-state index in [2.05, 4.69) is 28.2 Å². The first-order valence-corrected chi connectivity index (χ1v) is 6.31. The van der Waals surface area contributed by atoms with E-state index in [9.17, 15) is 0 Å². The molecule has 1 unspecified atom stereocenters. The lowest BCUT2D eigenvalue weighted by molar-refractivity contribution is 0.0315. The van der Waals surface area contributed by atoms with Crippen molar-refractivity contribution >= 4 is 27.3 Å². The van der Waals surface area contributed by atoms with Crippen LogP contribution in [0.15, 0.2) is 22.7 Å². The fraction of sp³-hybridized carbons (Fsp3) is 0.500. The van der Waals surface area contributed by atoms with Crippen molar-refractivity contribution in [2.45, 2.75) is 25.4 Å². The van der Waals surface area contributed by atoms with Crippen LogP contribution in [0.2, 0.25) is 0 Å². The summed E-state index contributed by atoms with van der Waals surface area (Å²) in [5.41, 5.74) is 7.58. The van der Waals surface area contributed by atoms with Crippen molar-refractivity contribution in [1.29, 1.82) is 0 Å². The molecule has 1 aromatic carbocycles. The second kappa shape index (κ2) is 4.63. The molecule has 3 N–H and O–H groups in total. The van der Waals surface area contributed by atoms with Crippen LogP contribution in [-0.4, -0.2) is 18.8 Å². The molecule has 0 bridgehead atoms. The fourth-order valence-corrected chi connectivity index (χ4v) is 2.30. The molecule has 88 valence electrons. The van der Waals surface area contributed by atoms with Crippen molar-refractivity contribution in [3.63, 3.8) is 0 Å². The third-order valence-electron chi connectivity index (χ3n) is 2.97. The molecule has 0 amide bonds. The van der Waals surface area contributed by atoms with Crippen LogP contribution in [0.3, 0.4) is 0 Å². The molecule has 0 aromatic heterocycles. The number of hydrogen-bond acceptors (Lipinski definition) is 3. The molecule has 1 atom stereocenters. The number of nitrogen functional groups attached to an aromatic ring is 1. The van der Waals surface area contributed by atoms with Gasteiger partial charge in [0.25, 0.3) is 0 Å². The molecule has 1 heterocycles. The molecular weight excluding hydrogens is 268 g/mol. The molecule has 0 saturated carbocycles. The average Bonchev–Trinajstić information content (AvgIpc) is 2.67. The number of benzene rings is 1. The molecule has 16 heavy (non-hydrogen) atoms. The van der Waals surface area contributed by atoms with Crippen molar-refractivity contribution in [2.75, 3.05) is 24.2 Å². The molecule has 2 rings (SSSR count). The number of nitrogens with two attached hydrogens (primary N) is 1. The van der Waals surface area contributed by atoms with E-state index in [1.54, 1.807) is 0 Å². The molecule has 3 nitrogen and oxygen atoms in total. The summed E-state index contributed by atoms with van der Waals surface area (Å²) in [6.45, 7) is 3.81. The van der Waals surface area contributed by atoms with Gasteiger partial charge in [-0.05, 0) is 38.0 Å². The molecule has 1 fully saturated rings. The summed E-state index contributed by atoms with van der Waals surface area (Å²) in [5, 5.41) is 3.36. The average molecular weight is 285 g/mol. The Morgan fingerprint density at radius 1 is 1.56 bits per heavy atom. The van der Waals surface area contributed by atoms with Crippen molar-refractivity contribution in [3.05, 3.63) is 22.7 Å². The topological polar surface area (TPSA) is 47.3 Å². The predicted molar refractivity (Wildman–Crippen MR) is 70.6 cm³/mol. The van der Waals surface area contributed by atoms with Gasteiger partial charge in [-0.2, -0.15) is 0 Å². The molecule has 1 saturated heterocycles. The summed E-state index contributed by atoms with van der Waals surface area (Å²) in [7, 11) is 0. The first kappa shape index (κ1) is 11.7. The molecule has 1 aliphatic rings. The van der Waals surface area contributed by atoms with E-state index < -0.39 is 0 Å². The normalized spacial score (nSPS) is 24.6. The minimum Gasteiger partial charge on any atom is -0.397 e. The lowest BCUT2D eigenvalue weighted by Gasteiger charge is -2.24. The van der Waals surface area contributed by atoms with Crippen LogP contribution in [-0.2, 0) is 4.74 Å². The lowest BCUT2D eigenvalue weighted by Crippen LogP contribution is -2.32. The Kier molecular flexibility index (Phi) is 3.40. The standard InChI is InChI=1S/C12H17BrN2O/c1-12(5-2-6-16-12)8-15-11-7-9(13)3-4-10(11)14/h3-4,7,15H,2,5-6,8,14H2,1H3. The van der Waals surface area contributed by atoms with Crippen LogP contribution in [0, 0.1) is 0 Å². The van der Waals surface area contributed by atoms with Crippen molar-refractivity contribution in [3.8, 4) is 0 Å². The molecule has 0 aliphatic carbocycles. The van der Waals surface area contributed by atoms with Gasteiger partial charge in [0.1, 0.15) is 0 Å². The van der Waals surface area contributed by atoms with Crippen LogP contribution in [0.4, 0.5) is 11.4 Å². The molecule has 1 aromatic rings. The summed E-state index contributed by atoms with van der Waals surface area (Å²) in [5.74, 6) is 0. The quantitative estimate of drug-likeness (QED) is 0.839. The Morgan fingerprint density at radius 2 is 2.38 bits per heavy atom. The Hall–Kier alpha value is -0.740. The highest BCUT2D eigenvalue weighted by molar-refractivity contribution is 9.10. The highest BCUT2D eigenvalue weighted by atomic mass is 79.9. The summed E-state index contributed by atoms with van der Waals surface area (Å²) in [6, 6.07) is 5.83. The minimum atomic E-state index is -0.0469. The SMILES string of the molecule is CC1(CNc2cc(Br)ccc2N)CCCO1. The largest absolute Gasteiger partial charge is 0.397 e. The Bertz CT molecular complexity index is 375. The minimum absolute atomic E-state index is 0.0469. The van der Waals surface area contributed by atoms with Crippen molar-refractivity contribution in [2.24, 2.45) is 0 Å². The fourth-order valence-electron chi connectivity index (χ4n) is 1.94.